The Morgan fingerprint density at radius 3 is 3.00 bits per heavy atom. The highest BCUT2D eigenvalue weighted by atomic mass is 16.2. The Balaban J connectivity index is 2.07. The van der Waals surface area contributed by atoms with E-state index < -0.39 is 0 Å². The molecule has 0 saturated heterocycles. The molecule has 1 aliphatic rings. The van der Waals surface area contributed by atoms with Crippen LogP contribution in [-0.4, -0.2) is 26.2 Å². The summed E-state index contributed by atoms with van der Waals surface area (Å²) in [6.07, 6.45) is 1.91. The fourth-order valence-electron chi connectivity index (χ4n) is 2.33. The van der Waals surface area contributed by atoms with Gasteiger partial charge < -0.3 is 15.5 Å². The number of urea groups is 1. The number of rotatable bonds is 3. The first-order chi connectivity index (χ1) is 8.72. The lowest BCUT2D eigenvalue weighted by Gasteiger charge is -2.33. The summed E-state index contributed by atoms with van der Waals surface area (Å²) < 4.78 is 0. The number of para-hydroxylation sites is 1. The van der Waals surface area contributed by atoms with Gasteiger partial charge in [-0.2, -0.15) is 0 Å². The number of nitrogens with zero attached hydrogens (tertiary/aromatic N) is 1. The highest BCUT2D eigenvalue weighted by Gasteiger charge is 2.23. The molecule has 1 aromatic carbocycles. The standard InChI is InChI=1S/C14H21N3O/c1-3-9-15-14(18)16-12-8-10-17(2)13-7-5-4-6-11(12)13/h4-7,12H,3,8-10H2,1-2H3,(H2,15,16,18). The van der Waals surface area contributed by atoms with Crippen molar-refractivity contribution in [3.8, 4) is 0 Å². The molecule has 1 unspecified atom stereocenters. The van der Waals surface area contributed by atoms with Crippen LogP contribution in [0.3, 0.4) is 0 Å². The van der Waals surface area contributed by atoms with Gasteiger partial charge >= 0.3 is 6.03 Å². The number of anilines is 1. The Morgan fingerprint density at radius 2 is 2.22 bits per heavy atom. The van der Waals surface area contributed by atoms with Gasteiger partial charge in [0.05, 0.1) is 6.04 Å². The van der Waals surface area contributed by atoms with Crippen LogP contribution in [0.1, 0.15) is 31.4 Å². The Labute approximate surface area is 108 Å². The van der Waals surface area contributed by atoms with Crippen LogP contribution >= 0.6 is 0 Å². The molecule has 4 heteroatoms. The molecule has 0 aromatic heterocycles. The van der Waals surface area contributed by atoms with E-state index in [0.717, 1.165) is 25.9 Å². The predicted octanol–water partition coefficient (Wildman–Crippen LogP) is 2.28. The predicted molar refractivity (Wildman–Crippen MR) is 73.9 cm³/mol. The highest BCUT2D eigenvalue weighted by Crippen LogP contribution is 2.32. The summed E-state index contributed by atoms with van der Waals surface area (Å²) in [6.45, 7) is 3.74. The summed E-state index contributed by atoms with van der Waals surface area (Å²) >= 11 is 0. The second-order valence-corrected chi connectivity index (χ2v) is 4.72. The van der Waals surface area contributed by atoms with E-state index in [1.807, 2.05) is 19.1 Å². The van der Waals surface area contributed by atoms with Crippen molar-refractivity contribution in [2.45, 2.75) is 25.8 Å². The minimum absolute atomic E-state index is 0.0683. The highest BCUT2D eigenvalue weighted by molar-refractivity contribution is 5.75. The Bertz CT molecular complexity index is 419. The van der Waals surface area contributed by atoms with Crippen molar-refractivity contribution in [3.63, 3.8) is 0 Å². The molecular weight excluding hydrogens is 226 g/mol. The van der Waals surface area contributed by atoms with Crippen LogP contribution in [0, 0.1) is 0 Å². The molecule has 1 atom stereocenters. The van der Waals surface area contributed by atoms with Gasteiger partial charge in [0.1, 0.15) is 0 Å². The zero-order valence-electron chi connectivity index (χ0n) is 11.1. The van der Waals surface area contributed by atoms with E-state index >= 15 is 0 Å². The van der Waals surface area contributed by atoms with Crippen LogP contribution in [0.25, 0.3) is 0 Å². The third-order valence-corrected chi connectivity index (χ3v) is 3.32. The Kier molecular flexibility index (Phi) is 4.07. The second kappa shape index (κ2) is 5.76. The van der Waals surface area contributed by atoms with Crippen molar-refractivity contribution in [1.29, 1.82) is 0 Å². The normalized spacial score (nSPS) is 18.1. The molecule has 18 heavy (non-hydrogen) atoms. The van der Waals surface area contributed by atoms with Gasteiger partial charge in [-0.3, -0.25) is 0 Å². The maximum atomic E-state index is 11.7. The first-order valence-corrected chi connectivity index (χ1v) is 6.56. The van der Waals surface area contributed by atoms with E-state index in [1.165, 1.54) is 11.3 Å². The first-order valence-electron chi connectivity index (χ1n) is 6.56. The van der Waals surface area contributed by atoms with E-state index in [0.29, 0.717) is 0 Å². The monoisotopic (exact) mass is 247 g/mol. The maximum absolute atomic E-state index is 11.7. The molecule has 0 bridgehead atoms. The van der Waals surface area contributed by atoms with Crippen molar-refractivity contribution in [3.05, 3.63) is 29.8 Å². The van der Waals surface area contributed by atoms with Gasteiger partial charge in [-0.25, -0.2) is 4.79 Å². The summed E-state index contributed by atoms with van der Waals surface area (Å²) in [5, 5.41) is 5.91. The minimum atomic E-state index is -0.0683. The van der Waals surface area contributed by atoms with Gasteiger partial charge in [0.25, 0.3) is 0 Å². The summed E-state index contributed by atoms with van der Waals surface area (Å²) in [7, 11) is 2.09. The Hall–Kier alpha value is -1.71. The van der Waals surface area contributed by atoms with E-state index in [4.69, 9.17) is 0 Å². The molecule has 0 spiro atoms. The average molecular weight is 247 g/mol. The number of amides is 2. The molecule has 0 radical (unpaired) electrons. The molecular formula is C14H21N3O. The second-order valence-electron chi connectivity index (χ2n) is 4.72. The van der Waals surface area contributed by atoms with Gasteiger partial charge in [-0.15, -0.1) is 0 Å². The molecule has 0 saturated carbocycles. The number of nitrogens with one attached hydrogen (secondary N) is 2. The number of hydrogen-bond acceptors (Lipinski definition) is 2. The Morgan fingerprint density at radius 1 is 1.44 bits per heavy atom. The number of carbonyl (C=O) groups excluding carboxylic acids is 1. The molecule has 0 fully saturated rings. The lowest BCUT2D eigenvalue weighted by molar-refractivity contribution is 0.236. The number of carbonyl (C=O) groups is 1. The smallest absolute Gasteiger partial charge is 0.315 e. The van der Waals surface area contributed by atoms with Crippen LogP contribution in [-0.2, 0) is 0 Å². The fourth-order valence-corrected chi connectivity index (χ4v) is 2.33. The van der Waals surface area contributed by atoms with Gasteiger partial charge in [-0.05, 0) is 24.5 Å². The summed E-state index contributed by atoms with van der Waals surface area (Å²) in [6, 6.07) is 8.31. The van der Waals surface area contributed by atoms with E-state index in [1.54, 1.807) is 0 Å². The van der Waals surface area contributed by atoms with Crippen LogP contribution in [0.4, 0.5) is 10.5 Å². The van der Waals surface area contributed by atoms with Crippen LogP contribution in [0.15, 0.2) is 24.3 Å². The minimum Gasteiger partial charge on any atom is -0.374 e. The zero-order valence-corrected chi connectivity index (χ0v) is 11.1. The molecule has 2 N–H and O–H groups in total. The molecule has 4 nitrogen and oxygen atoms in total. The van der Waals surface area contributed by atoms with Crippen LogP contribution < -0.4 is 15.5 Å². The van der Waals surface area contributed by atoms with Gasteiger partial charge in [-0.1, -0.05) is 25.1 Å². The van der Waals surface area contributed by atoms with Crippen molar-refractivity contribution < 1.29 is 4.79 Å². The molecule has 0 aliphatic carbocycles. The van der Waals surface area contributed by atoms with Crippen molar-refractivity contribution >= 4 is 11.7 Å². The first kappa shape index (κ1) is 12.7. The number of fused-ring (bicyclic) bond motifs is 1. The van der Waals surface area contributed by atoms with Crippen LogP contribution in [0.2, 0.25) is 0 Å². The van der Waals surface area contributed by atoms with E-state index in [2.05, 4.69) is 34.7 Å². The quantitative estimate of drug-likeness (QED) is 0.860. The summed E-state index contributed by atoms with van der Waals surface area (Å²) in [5.74, 6) is 0. The average Bonchev–Trinajstić information content (AvgIpc) is 2.40. The van der Waals surface area contributed by atoms with Crippen LogP contribution in [0.5, 0.6) is 0 Å². The van der Waals surface area contributed by atoms with E-state index in [9.17, 15) is 4.79 Å². The van der Waals surface area contributed by atoms with E-state index in [-0.39, 0.29) is 12.1 Å². The molecule has 2 amide bonds. The third-order valence-electron chi connectivity index (χ3n) is 3.32. The fraction of sp³-hybridized carbons (Fsp3) is 0.500. The molecule has 1 heterocycles. The molecule has 1 aromatic rings. The van der Waals surface area contributed by atoms with Gasteiger partial charge in [0, 0.05) is 25.8 Å². The van der Waals surface area contributed by atoms with Crippen molar-refractivity contribution in [2.24, 2.45) is 0 Å². The lowest BCUT2D eigenvalue weighted by atomic mass is 9.97. The van der Waals surface area contributed by atoms with Crippen molar-refractivity contribution in [1.82, 2.24) is 10.6 Å². The van der Waals surface area contributed by atoms with Gasteiger partial charge in [0.2, 0.25) is 0 Å². The SMILES string of the molecule is CCCNC(=O)NC1CCN(C)c2ccccc21. The summed E-state index contributed by atoms with van der Waals surface area (Å²) in [4.78, 5) is 14.0. The zero-order chi connectivity index (χ0) is 13.0. The largest absolute Gasteiger partial charge is 0.374 e. The summed E-state index contributed by atoms with van der Waals surface area (Å²) in [5.41, 5.74) is 2.42. The van der Waals surface area contributed by atoms with Gasteiger partial charge in [0.15, 0.2) is 0 Å². The molecule has 1 aliphatic heterocycles. The topological polar surface area (TPSA) is 44.4 Å². The molecule has 2 rings (SSSR count). The lowest BCUT2D eigenvalue weighted by Crippen LogP contribution is -2.41. The third kappa shape index (κ3) is 2.75. The maximum Gasteiger partial charge on any atom is 0.315 e. The number of benzene rings is 1. The number of hydrogen-bond donors (Lipinski definition) is 2. The van der Waals surface area contributed by atoms with Crippen molar-refractivity contribution in [2.75, 3.05) is 25.0 Å². The molecule has 98 valence electrons.